The van der Waals surface area contributed by atoms with Gasteiger partial charge in [0.1, 0.15) is 0 Å². The van der Waals surface area contributed by atoms with Crippen LogP contribution >= 0.6 is 0 Å². The van der Waals surface area contributed by atoms with E-state index in [-0.39, 0.29) is 5.54 Å². The molecular formula is C17H21N. The van der Waals surface area contributed by atoms with Crippen LogP contribution in [0, 0.1) is 5.92 Å². The van der Waals surface area contributed by atoms with Crippen LogP contribution in [-0.2, 0) is 5.54 Å². The zero-order valence-corrected chi connectivity index (χ0v) is 11.0. The monoisotopic (exact) mass is 239 g/mol. The normalized spacial score (nSPS) is 27.8. The largest absolute Gasteiger partial charge is 0.321 e. The van der Waals surface area contributed by atoms with Crippen molar-refractivity contribution in [2.75, 3.05) is 0 Å². The van der Waals surface area contributed by atoms with Crippen molar-refractivity contribution in [1.82, 2.24) is 0 Å². The topological polar surface area (TPSA) is 26.0 Å². The van der Waals surface area contributed by atoms with E-state index < -0.39 is 0 Å². The average molecular weight is 239 g/mol. The first-order valence-electron chi connectivity index (χ1n) is 6.99. The summed E-state index contributed by atoms with van der Waals surface area (Å²) in [6.07, 6.45) is 4.80. The van der Waals surface area contributed by atoms with Crippen molar-refractivity contribution >= 4 is 10.8 Å². The van der Waals surface area contributed by atoms with Crippen LogP contribution in [-0.4, -0.2) is 0 Å². The number of hydrogen-bond donors (Lipinski definition) is 1. The molecule has 0 amide bonds. The highest BCUT2D eigenvalue weighted by atomic mass is 14.8. The van der Waals surface area contributed by atoms with E-state index in [1.54, 1.807) is 0 Å². The van der Waals surface area contributed by atoms with Crippen LogP contribution < -0.4 is 5.73 Å². The zero-order chi connectivity index (χ0) is 12.6. The maximum absolute atomic E-state index is 6.64. The van der Waals surface area contributed by atoms with E-state index in [2.05, 4.69) is 49.4 Å². The van der Waals surface area contributed by atoms with Gasteiger partial charge in [0.05, 0.1) is 0 Å². The molecule has 2 unspecified atom stereocenters. The molecule has 0 bridgehead atoms. The van der Waals surface area contributed by atoms with Gasteiger partial charge in [-0.15, -0.1) is 0 Å². The molecule has 2 N–H and O–H groups in total. The molecule has 3 rings (SSSR count). The molecule has 0 spiro atoms. The summed E-state index contributed by atoms with van der Waals surface area (Å²) in [5.41, 5.74) is 7.86. The Labute approximate surface area is 109 Å². The molecule has 2 aromatic carbocycles. The summed E-state index contributed by atoms with van der Waals surface area (Å²) in [7, 11) is 0. The van der Waals surface area contributed by atoms with E-state index in [1.807, 2.05) is 0 Å². The van der Waals surface area contributed by atoms with E-state index in [9.17, 15) is 0 Å². The number of fused-ring (bicyclic) bond motifs is 1. The third-order valence-electron chi connectivity index (χ3n) is 4.55. The first kappa shape index (κ1) is 11.7. The quantitative estimate of drug-likeness (QED) is 0.835. The molecule has 1 heteroatoms. The van der Waals surface area contributed by atoms with E-state index >= 15 is 0 Å². The molecule has 1 aliphatic rings. The van der Waals surface area contributed by atoms with Gasteiger partial charge < -0.3 is 5.73 Å². The lowest BCUT2D eigenvalue weighted by atomic mass is 9.87. The first-order chi connectivity index (χ1) is 8.71. The summed E-state index contributed by atoms with van der Waals surface area (Å²) in [4.78, 5) is 0. The van der Waals surface area contributed by atoms with Gasteiger partial charge in [-0.05, 0) is 47.6 Å². The molecule has 1 saturated carbocycles. The van der Waals surface area contributed by atoms with Gasteiger partial charge in [0.25, 0.3) is 0 Å². The molecule has 0 aliphatic heterocycles. The standard InChI is InChI=1S/C17H21N/c1-2-13-9-10-17(18,12-13)16-8-7-14-5-3-4-6-15(14)11-16/h3-8,11,13H,2,9-10,12,18H2,1H3. The minimum Gasteiger partial charge on any atom is -0.321 e. The molecule has 18 heavy (non-hydrogen) atoms. The van der Waals surface area contributed by atoms with Gasteiger partial charge in [-0.3, -0.25) is 0 Å². The summed E-state index contributed by atoms with van der Waals surface area (Å²) in [5, 5.41) is 2.61. The summed E-state index contributed by atoms with van der Waals surface area (Å²) < 4.78 is 0. The highest BCUT2D eigenvalue weighted by molar-refractivity contribution is 5.83. The molecule has 2 aromatic rings. The van der Waals surface area contributed by atoms with Crippen LogP contribution in [0.25, 0.3) is 10.8 Å². The summed E-state index contributed by atoms with van der Waals surface area (Å²) in [5.74, 6) is 0.807. The maximum atomic E-state index is 6.64. The van der Waals surface area contributed by atoms with Crippen LogP contribution in [0.4, 0.5) is 0 Å². The van der Waals surface area contributed by atoms with Gasteiger partial charge in [0, 0.05) is 5.54 Å². The van der Waals surface area contributed by atoms with Gasteiger partial charge in [-0.25, -0.2) is 0 Å². The molecule has 1 fully saturated rings. The first-order valence-corrected chi connectivity index (χ1v) is 6.99. The van der Waals surface area contributed by atoms with Crippen LogP contribution in [0.3, 0.4) is 0 Å². The number of benzene rings is 2. The third-order valence-corrected chi connectivity index (χ3v) is 4.55. The van der Waals surface area contributed by atoms with Crippen molar-refractivity contribution in [2.45, 2.75) is 38.1 Å². The number of nitrogens with two attached hydrogens (primary N) is 1. The van der Waals surface area contributed by atoms with Crippen molar-refractivity contribution < 1.29 is 0 Å². The molecule has 0 saturated heterocycles. The third kappa shape index (κ3) is 1.93. The number of hydrogen-bond acceptors (Lipinski definition) is 1. The van der Waals surface area contributed by atoms with E-state index in [1.165, 1.54) is 29.2 Å². The van der Waals surface area contributed by atoms with Gasteiger partial charge in [-0.2, -0.15) is 0 Å². The maximum Gasteiger partial charge on any atom is 0.0412 e. The van der Waals surface area contributed by atoms with Crippen LogP contribution in [0.2, 0.25) is 0 Å². The second-order valence-corrected chi connectivity index (χ2v) is 5.74. The summed E-state index contributed by atoms with van der Waals surface area (Å²) in [6.45, 7) is 2.27. The van der Waals surface area contributed by atoms with Gasteiger partial charge in [0.2, 0.25) is 0 Å². The van der Waals surface area contributed by atoms with Gasteiger partial charge >= 0.3 is 0 Å². The van der Waals surface area contributed by atoms with Gasteiger partial charge in [0.15, 0.2) is 0 Å². The smallest absolute Gasteiger partial charge is 0.0412 e. The van der Waals surface area contributed by atoms with E-state index in [0.29, 0.717) is 0 Å². The Morgan fingerprint density at radius 2 is 1.94 bits per heavy atom. The van der Waals surface area contributed by atoms with Gasteiger partial charge in [-0.1, -0.05) is 49.7 Å². The minimum atomic E-state index is -0.0926. The molecule has 94 valence electrons. The summed E-state index contributed by atoms with van der Waals surface area (Å²) in [6, 6.07) is 15.2. The minimum absolute atomic E-state index is 0.0926. The molecule has 1 aliphatic carbocycles. The van der Waals surface area contributed by atoms with Crippen LogP contribution in [0.1, 0.15) is 38.2 Å². The average Bonchev–Trinajstić information content (AvgIpc) is 2.81. The fourth-order valence-corrected chi connectivity index (χ4v) is 3.29. The Balaban J connectivity index is 1.99. The fraction of sp³-hybridized carbons (Fsp3) is 0.412. The van der Waals surface area contributed by atoms with Crippen molar-refractivity contribution in [3.63, 3.8) is 0 Å². The number of rotatable bonds is 2. The van der Waals surface area contributed by atoms with E-state index in [4.69, 9.17) is 5.73 Å². The Kier molecular flexibility index (Phi) is 2.87. The summed E-state index contributed by atoms with van der Waals surface area (Å²) >= 11 is 0. The van der Waals surface area contributed by atoms with Crippen molar-refractivity contribution in [2.24, 2.45) is 11.7 Å². The zero-order valence-electron chi connectivity index (χ0n) is 11.0. The van der Waals surface area contributed by atoms with Crippen molar-refractivity contribution in [1.29, 1.82) is 0 Å². The highest BCUT2D eigenvalue weighted by Crippen LogP contribution is 2.41. The molecule has 0 aromatic heterocycles. The second kappa shape index (κ2) is 4.40. The Hall–Kier alpha value is -1.34. The highest BCUT2D eigenvalue weighted by Gasteiger charge is 2.36. The SMILES string of the molecule is CCC1CCC(N)(c2ccc3ccccc3c2)C1. The predicted octanol–water partition coefficient (Wildman–Crippen LogP) is 4.20. The lowest BCUT2D eigenvalue weighted by molar-refractivity contribution is 0.425. The van der Waals surface area contributed by atoms with Crippen molar-refractivity contribution in [3.8, 4) is 0 Å². The van der Waals surface area contributed by atoms with Crippen LogP contribution in [0.15, 0.2) is 42.5 Å². The Morgan fingerprint density at radius 3 is 2.67 bits per heavy atom. The lowest BCUT2D eigenvalue weighted by Crippen LogP contribution is -2.33. The molecule has 0 heterocycles. The Morgan fingerprint density at radius 1 is 1.17 bits per heavy atom. The van der Waals surface area contributed by atoms with Crippen LogP contribution in [0.5, 0.6) is 0 Å². The van der Waals surface area contributed by atoms with Crippen molar-refractivity contribution in [3.05, 3.63) is 48.0 Å². The fourth-order valence-electron chi connectivity index (χ4n) is 3.29. The molecule has 2 atom stereocenters. The molecule has 1 nitrogen and oxygen atoms in total. The molecular weight excluding hydrogens is 218 g/mol. The second-order valence-electron chi connectivity index (χ2n) is 5.74. The Bertz CT molecular complexity index is 560. The lowest BCUT2D eigenvalue weighted by Gasteiger charge is -2.25. The predicted molar refractivity (Wildman–Crippen MR) is 77.4 cm³/mol. The molecule has 0 radical (unpaired) electrons. The van der Waals surface area contributed by atoms with E-state index in [0.717, 1.165) is 18.8 Å².